The first-order valence-electron chi connectivity index (χ1n) is 8.22. The molecule has 0 saturated carbocycles. The molecule has 0 aliphatic heterocycles. The van der Waals surface area contributed by atoms with Gasteiger partial charge >= 0.3 is 0 Å². The van der Waals surface area contributed by atoms with Gasteiger partial charge in [-0.15, -0.1) is 0 Å². The van der Waals surface area contributed by atoms with Crippen molar-refractivity contribution in [3.63, 3.8) is 0 Å². The smallest absolute Gasteiger partial charge is 0.125 e. The van der Waals surface area contributed by atoms with Crippen LogP contribution in [0.1, 0.15) is 0 Å². The highest BCUT2D eigenvalue weighted by Gasteiger charge is 2.18. The Labute approximate surface area is 159 Å². The quantitative estimate of drug-likeness (QED) is 0.250. The van der Waals surface area contributed by atoms with E-state index in [2.05, 4.69) is 0 Å². The molecule has 0 amide bonds. The van der Waals surface area contributed by atoms with E-state index < -0.39 is 20.2 Å². The van der Waals surface area contributed by atoms with Crippen molar-refractivity contribution in [2.75, 3.05) is 0 Å². The molecule has 0 bridgehead atoms. The topological polar surface area (TPSA) is 114 Å². The standard InChI is InChI=1S/C20H12O6S2/c21-27(22,23)17-9-8-14-12-4-2-6-16-18(28(24,25)26)10-7-13(20(12)16)11-3-1-5-15(17)19(11)14/h1-10H,(H,21,22,23)(H,24,25,26)/p-2. The monoisotopic (exact) mass is 410 g/mol. The molecule has 5 aromatic carbocycles. The van der Waals surface area contributed by atoms with E-state index in [0.717, 1.165) is 0 Å². The summed E-state index contributed by atoms with van der Waals surface area (Å²) in [5.74, 6) is 0. The van der Waals surface area contributed by atoms with Crippen LogP contribution in [0.15, 0.2) is 70.5 Å². The number of fused-ring (bicyclic) bond motifs is 2. The summed E-state index contributed by atoms with van der Waals surface area (Å²) in [5, 5.41) is 4.55. The van der Waals surface area contributed by atoms with E-state index in [1.165, 1.54) is 12.1 Å². The number of benzene rings is 5. The van der Waals surface area contributed by atoms with Gasteiger partial charge in [0.2, 0.25) is 0 Å². The number of rotatable bonds is 2. The van der Waals surface area contributed by atoms with Crippen LogP contribution in [0.4, 0.5) is 0 Å². The third kappa shape index (κ3) is 2.26. The second kappa shape index (κ2) is 5.39. The molecule has 0 saturated heterocycles. The van der Waals surface area contributed by atoms with E-state index in [1.807, 2.05) is 0 Å². The zero-order chi connectivity index (χ0) is 19.8. The molecular formula is C20H10O6S2-2. The highest BCUT2D eigenvalue weighted by atomic mass is 32.2. The third-order valence-electron chi connectivity index (χ3n) is 5.12. The van der Waals surface area contributed by atoms with Crippen molar-refractivity contribution in [2.24, 2.45) is 0 Å². The van der Waals surface area contributed by atoms with Gasteiger partial charge in [-0.2, -0.15) is 0 Å². The molecule has 0 unspecified atom stereocenters. The van der Waals surface area contributed by atoms with Gasteiger partial charge in [-0.25, -0.2) is 16.8 Å². The maximum Gasteiger partial charge on any atom is 0.125 e. The van der Waals surface area contributed by atoms with Gasteiger partial charge in [-0.3, -0.25) is 0 Å². The average molecular weight is 410 g/mol. The summed E-state index contributed by atoms with van der Waals surface area (Å²) < 4.78 is 70.3. The van der Waals surface area contributed by atoms with E-state index in [4.69, 9.17) is 0 Å². The molecule has 0 aromatic heterocycles. The van der Waals surface area contributed by atoms with Gasteiger partial charge in [0.25, 0.3) is 0 Å². The SMILES string of the molecule is O=S(=O)([O-])c1ccc2c3cccc4c(S(=O)(=O)[O-])ccc(c5cccc1c52)c43. The van der Waals surface area contributed by atoms with Crippen molar-refractivity contribution in [1.29, 1.82) is 0 Å². The van der Waals surface area contributed by atoms with E-state index in [9.17, 15) is 25.9 Å². The van der Waals surface area contributed by atoms with Crippen molar-refractivity contribution >= 4 is 63.3 Å². The van der Waals surface area contributed by atoms with E-state index in [0.29, 0.717) is 43.1 Å². The van der Waals surface area contributed by atoms with E-state index >= 15 is 0 Å². The van der Waals surface area contributed by atoms with Crippen LogP contribution in [0, 0.1) is 0 Å². The molecule has 8 heteroatoms. The Bertz CT molecular complexity index is 1510. The summed E-state index contributed by atoms with van der Waals surface area (Å²) in [6, 6.07) is 15.6. The normalized spacial score (nSPS) is 13.2. The first-order valence-corrected chi connectivity index (χ1v) is 11.0. The molecule has 0 radical (unpaired) electrons. The van der Waals surface area contributed by atoms with Gasteiger partial charge in [0, 0.05) is 10.8 Å². The fourth-order valence-electron chi connectivity index (χ4n) is 4.09. The summed E-state index contributed by atoms with van der Waals surface area (Å²) in [4.78, 5) is -0.607. The fraction of sp³-hybridized carbons (Fsp3) is 0. The molecule has 0 aliphatic rings. The number of hydrogen-bond acceptors (Lipinski definition) is 6. The average Bonchev–Trinajstić information content (AvgIpc) is 2.63. The Morgan fingerprint density at radius 3 is 1.14 bits per heavy atom. The van der Waals surface area contributed by atoms with Gasteiger partial charge in [0.15, 0.2) is 0 Å². The maximum atomic E-state index is 11.7. The summed E-state index contributed by atoms with van der Waals surface area (Å²) in [7, 11) is -9.35. The predicted molar refractivity (Wildman–Crippen MR) is 104 cm³/mol. The molecule has 28 heavy (non-hydrogen) atoms. The van der Waals surface area contributed by atoms with Crippen LogP contribution >= 0.6 is 0 Å². The fourth-order valence-corrected chi connectivity index (χ4v) is 5.44. The lowest BCUT2D eigenvalue weighted by Crippen LogP contribution is -2.01. The highest BCUT2D eigenvalue weighted by molar-refractivity contribution is 7.86. The van der Waals surface area contributed by atoms with Crippen LogP contribution in [-0.4, -0.2) is 25.9 Å². The highest BCUT2D eigenvalue weighted by Crippen LogP contribution is 2.42. The Morgan fingerprint density at radius 1 is 0.464 bits per heavy atom. The van der Waals surface area contributed by atoms with Crippen LogP contribution in [0.2, 0.25) is 0 Å². The second-order valence-electron chi connectivity index (χ2n) is 6.59. The molecule has 0 aliphatic carbocycles. The molecule has 0 spiro atoms. The summed E-state index contributed by atoms with van der Waals surface area (Å²) in [5.41, 5.74) is 0. The van der Waals surface area contributed by atoms with Crippen molar-refractivity contribution in [1.82, 2.24) is 0 Å². The van der Waals surface area contributed by atoms with E-state index in [1.54, 1.807) is 48.5 Å². The minimum Gasteiger partial charge on any atom is -0.744 e. The summed E-state index contributed by atoms with van der Waals surface area (Å²) in [6.07, 6.45) is 0. The summed E-state index contributed by atoms with van der Waals surface area (Å²) in [6.45, 7) is 0. The molecule has 0 atom stereocenters. The third-order valence-corrected chi connectivity index (χ3v) is 6.91. The molecule has 0 N–H and O–H groups in total. The maximum absolute atomic E-state index is 11.7. The minimum atomic E-state index is -4.67. The predicted octanol–water partition coefficient (Wildman–Crippen LogP) is 3.55. The first kappa shape index (κ1) is 17.3. The van der Waals surface area contributed by atoms with Gasteiger partial charge in [0.05, 0.1) is 9.79 Å². The summed E-state index contributed by atoms with van der Waals surface area (Å²) >= 11 is 0. The van der Waals surface area contributed by atoms with E-state index in [-0.39, 0.29) is 9.79 Å². The molecule has 5 aromatic rings. The zero-order valence-electron chi connectivity index (χ0n) is 14.0. The molecule has 0 fully saturated rings. The van der Waals surface area contributed by atoms with Crippen LogP contribution in [0.5, 0.6) is 0 Å². The molecule has 140 valence electrons. The Kier molecular flexibility index (Phi) is 3.34. The van der Waals surface area contributed by atoms with Gasteiger partial charge in [-0.1, -0.05) is 48.5 Å². The van der Waals surface area contributed by atoms with Crippen molar-refractivity contribution in [3.05, 3.63) is 60.7 Å². The van der Waals surface area contributed by atoms with Crippen LogP contribution in [0.25, 0.3) is 43.1 Å². The Hall–Kier alpha value is -2.78. The lowest BCUT2D eigenvalue weighted by Gasteiger charge is -2.19. The van der Waals surface area contributed by atoms with Gasteiger partial charge in [-0.05, 0) is 44.5 Å². The lowest BCUT2D eigenvalue weighted by molar-refractivity contribution is 0.462. The molecule has 0 heterocycles. The Balaban J connectivity index is 2.15. The van der Waals surface area contributed by atoms with Crippen molar-refractivity contribution in [2.45, 2.75) is 9.79 Å². The second-order valence-corrected chi connectivity index (χ2v) is 9.28. The van der Waals surface area contributed by atoms with Crippen molar-refractivity contribution < 1.29 is 25.9 Å². The largest absolute Gasteiger partial charge is 0.744 e. The van der Waals surface area contributed by atoms with Crippen LogP contribution in [0.3, 0.4) is 0 Å². The molecule has 6 nitrogen and oxygen atoms in total. The first-order chi connectivity index (χ1) is 13.2. The Morgan fingerprint density at radius 2 is 0.786 bits per heavy atom. The van der Waals surface area contributed by atoms with Crippen LogP contribution in [-0.2, 0) is 20.2 Å². The molecular weight excluding hydrogens is 400 g/mol. The molecule has 5 rings (SSSR count). The van der Waals surface area contributed by atoms with Crippen molar-refractivity contribution in [3.8, 4) is 0 Å². The minimum absolute atomic E-state index is 0.303. The van der Waals surface area contributed by atoms with Gasteiger partial charge < -0.3 is 9.11 Å². The van der Waals surface area contributed by atoms with Crippen LogP contribution < -0.4 is 0 Å². The zero-order valence-corrected chi connectivity index (χ0v) is 15.7. The lowest BCUT2D eigenvalue weighted by atomic mass is 9.90. The van der Waals surface area contributed by atoms with Gasteiger partial charge in [0.1, 0.15) is 20.2 Å². The number of hydrogen-bond donors (Lipinski definition) is 0.